The molecule has 0 nitrogen and oxygen atoms in total. The molecule has 3 aromatic carbocycles. The number of hydrogen-bond donors (Lipinski definition) is 0. The fourth-order valence-electron chi connectivity index (χ4n) is 2.51. The third-order valence-corrected chi connectivity index (χ3v) is 12.4. The maximum absolute atomic E-state index is 2.29. The van der Waals surface area contributed by atoms with Crippen LogP contribution in [0.5, 0.6) is 0 Å². The Morgan fingerprint density at radius 3 is 0.900 bits per heavy atom. The summed E-state index contributed by atoms with van der Waals surface area (Å²) in [5, 5.41) is 0. The predicted octanol–water partition coefficient (Wildman–Crippen LogP) is 1.93. The van der Waals surface area contributed by atoms with Crippen LogP contribution in [0, 0.1) is 0 Å². The van der Waals surface area contributed by atoms with Crippen molar-refractivity contribution < 1.29 is 20.4 Å². The molecule has 0 saturated heterocycles. The molecule has 0 saturated carbocycles. The van der Waals surface area contributed by atoms with Crippen molar-refractivity contribution in [1.82, 2.24) is 0 Å². The molecule has 0 aliphatic carbocycles. The normalized spacial score (nSPS) is 10.1. The average Bonchev–Trinajstić information content (AvgIpc) is 2.51. The van der Waals surface area contributed by atoms with Gasteiger partial charge in [-0.2, -0.15) is 0 Å². The van der Waals surface area contributed by atoms with Crippen LogP contribution in [0.3, 0.4) is 0 Å². The standard InChI is InChI=1S/3C6H5.Pd.Sn.H/c3*1-2-4-6-5-3-1;;;/h3*1-5H;;;. The van der Waals surface area contributed by atoms with Crippen molar-refractivity contribution >= 4 is 30.5 Å². The van der Waals surface area contributed by atoms with E-state index in [0.717, 1.165) is 0 Å². The van der Waals surface area contributed by atoms with Gasteiger partial charge in [-0.05, 0) is 0 Å². The van der Waals surface area contributed by atoms with Crippen LogP contribution in [-0.4, -0.2) is 19.8 Å². The molecule has 0 radical (unpaired) electrons. The summed E-state index contributed by atoms with van der Waals surface area (Å²) in [6.07, 6.45) is 0. The fraction of sp³-hybridized carbons (Fsp3) is 0. The van der Waals surface area contributed by atoms with Crippen LogP contribution in [-0.2, 0) is 20.4 Å². The Balaban J connectivity index is 0.00000147. The molecule has 0 aromatic heterocycles. The first-order chi connectivity index (χ1) is 9.45. The van der Waals surface area contributed by atoms with Crippen LogP contribution >= 0.6 is 0 Å². The summed E-state index contributed by atoms with van der Waals surface area (Å²) < 4.78 is 4.63. The van der Waals surface area contributed by atoms with Crippen LogP contribution in [0.4, 0.5) is 0 Å². The first-order valence-corrected chi connectivity index (χ1v) is 11.5. The quantitative estimate of drug-likeness (QED) is 0.528. The van der Waals surface area contributed by atoms with Gasteiger partial charge in [-0.15, -0.1) is 0 Å². The van der Waals surface area contributed by atoms with Crippen LogP contribution in [0.1, 0.15) is 0 Å². The SMILES string of the molecule is [Pd].c1cc[c]([SnH]([c]2ccccc2)[c]2ccccc2)cc1. The fourth-order valence-corrected chi connectivity index (χ4v) is 11.0. The van der Waals surface area contributed by atoms with Crippen molar-refractivity contribution in [1.29, 1.82) is 0 Å². The summed E-state index contributed by atoms with van der Waals surface area (Å²) in [4.78, 5) is 0. The van der Waals surface area contributed by atoms with Gasteiger partial charge < -0.3 is 0 Å². The van der Waals surface area contributed by atoms with E-state index in [9.17, 15) is 0 Å². The Morgan fingerprint density at radius 2 is 0.650 bits per heavy atom. The van der Waals surface area contributed by atoms with Gasteiger partial charge in [-0.1, -0.05) is 0 Å². The Kier molecular flexibility index (Phi) is 6.04. The van der Waals surface area contributed by atoms with Gasteiger partial charge in [0.15, 0.2) is 0 Å². The molecule has 2 heteroatoms. The summed E-state index contributed by atoms with van der Waals surface area (Å²) in [7, 11) is 0. The number of benzene rings is 3. The van der Waals surface area contributed by atoms with Crippen molar-refractivity contribution in [2.24, 2.45) is 0 Å². The molecule has 0 amide bonds. The number of hydrogen-bond acceptors (Lipinski definition) is 0. The summed E-state index contributed by atoms with van der Waals surface area (Å²) in [5.41, 5.74) is 0. The van der Waals surface area contributed by atoms with Gasteiger partial charge in [0.2, 0.25) is 0 Å². The molecule has 0 aliphatic heterocycles. The summed E-state index contributed by atoms with van der Waals surface area (Å²) in [6, 6.07) is 33.0. The third kappa shape index (κ3) is 3.61. The van der Waals surface area contributed by atoms with E-state index in [2.05, 4.69) is 91.0 Å². The Morgan fingerprint density at radius 1 is 0.400 bits per heavy atom. The molecular formula is C18H16PdSn. The minimum atomic E-state index is -2.14. The molecule has 102 valence electrons. The van der Waals surface area contributed by atoms with Crippen molar-refractivity contribution in [3.05, 3.63) is 91.0 Å². The zero-order chi connectivity index (χ0) is 12.9. The molecule has 0 atom stereocenters. The molecular weight excluding hydrogens is 441 g/mol. The van der Waals surface area contributed by atoms with E-state index in [0.29, 0.717) is 0 Å². The van der Waals surface area contributed by atoms with Crippen LogP contribution in [0.25, 0.3) is 0 Å². The second-order valence-corrected chi connectivity index (χ2v) is 12.8. The van der Waals surface area contributed by atoms with E-state index in [4.69, 9.17) is 0 Å². The van der Waals surface area contributed by atoms with Gasteiger partial charge in [0.25, 0.3) is 0 Å². The molecule has 0 N–H and O–H groups in total. The molecule has 0 fully saturated rings. The summed E-state index contributed by atoms with van der Waals surface area (Å²) in [5.74, 6) is 0. The van der Waals surface area contributed by atoms with Gasteiger partial charge in [-0.25, -0.2) is 0 Å². The van der Waals surface area contributed by atoms with Crippen molar-refractivity contribution in [2.75, 3.05) is 0 Å². The molecule has 3 aromatic rings. The van der Waals surface area contributed by atoms with E-state index in [1.165, 1.54) is 0 Å². The van der Waals surface area contributed by atoms with E-state index in [-0.39, 0.29) is 20.4 Å². The topological polar surface area (TPSA) is 0 Å². The molecule has 0 unspecified atom stereocenters. The predicted molar refractivity (Wildman–Crippen MR) is 85.4 cm³/mol. The van der Waals surface area contributed by atoms with E-state index >= 15 is 0 Å². The molecule has 0 spiro atoms. The maximum atomic E-state index is 2.29. The first-order valence-electron chi connectivity index (χ1n) is 6.60. The Labute approximate surface area is 141 Å². The van der Waals surface area contributed by atoms with Crippen molar-refractivity contribution in [3.8, 4) is 0 Å². The van der Waals surface area contributed by atoms with Gasteiger partial charge in [0.1, 0.15) is 0 Å². The monoisotopic (exact) mass is 458 g/mol. The van der Waals surface area contributed by atoms with E-state index in [1.54, 1.807) is 10.7 Å². The van der Waals surface area contributed by atoms with E-state index in [1.807, 2.05) is 0 Å². The number of rotatable bonds is 3. The molecule has 0 heterocycles. The van der Waals surface area contributed by atoms with Gasteiger partial charge in [-0.3, -0.25) is 0 Å². The van der Waals surface area contributed by atoms with Gasteiger partial charge >= 0.3 is 121 Å². The second kappa shape index (κ2) is 7.79. The van der Waals surface area contributed by atoms with Gasteiger partial charge in [0.05, 0.1) is 0 Å². The molecule has 20 heavy (non-hydrogen) atoms. The van der Waals surface area contributed by atoms with Gasteiger partial charge in [0, 0.05) is 20.4 Å². The van der Waals surface area contributed by atoms with Crippen molar-refractivity contribution in [3.63, 3.8) is 0 Å². The zero-order valence-electron chi connectivity index (χ0n) is 11.1. The second-order valence-electron chi connectivity index (χ2n) is 4.67. The third-order valence-electron chi connectivity index (χ3n) is 3.40. The minimum absolute atomic E-state index is 0. The van der Waals surface area contributed by atoms with Crippen molar-refractivity contribution in [2.45, 2.75) is 0 Å². The summed E-state index contributed by atoms with van der Waals surface area (Å²) >= 11 is -2.14. The molecule has 0 aliphatic rings. The average molecular weight is 457 g/mol. The Hall–Kier alpha value is -0.879. The van der Waals surface area contributed by atoms with Crippen LogP contribution < -0.4 is 10.7 Å². The van der Waals surface area contributed by atoms with E-state index < -0.39 is 19.8 Å². The Bertz CT molecular complexity index is 529. The zero-order valence-corrected chi connectivity index (χ0v) is 15.9. The molecule has 3 rings (SSSR count). The van der Waals surface area contributed by atoms with Crippen LogP contribution in [0.2, 0.25) is 0 Å². The molecule has 0 bridgehead atoms. The van der Waals surface area contributed by atoms with Crippen LogP contribution in [0.15, 0.2) is 91.0 Å². The summed E-state index contributed by atoms with van der Waals surface area (Å²) in [6.45, 7) is 0. The first kappa shape index (κ1) is 15.5.